The Kier molecular flexibility index (Phi) is 7.47. The fourth-order valence-corrected chi connectivity index (χ4v) is 3.95. The molecule has 0 aliphatic heterocycles. The van der Waals surface area contributed by atoms with E-state index >= 15 is 0 Å². The van der Waals surface area contributed by atoms with Gasteiger partial charge in [-0.1, -0.05) is 0 Å². The molecule has 0 aromatic heterocycles. The fraction of sp³-hybridized carbons (Fsp3) is 0.316. The molecule has 0 bridgehead atoms. The monoisotopic (exact) mass is 423 g/mol. The first-order valence-electron chi connectivity index (χ1n) is 8.76. The van der Waals surface area contributed by atoms with Crippen molar-refractivity contribution in [1.29, 1.82) is 0 Å². The molecule has 0 spiro atoms. The van der Waals surface area contributed by atoms with Gasteiger partial charge < -0.3 is 20.1 Å². The lowest BCUT2D eigenvalue weighted by Crippen LogP contribution is -2.34. The Morgan fingerprint density at radius 1 is 1.11 bits per heavy atom. The second-order valence-corrected chi connectivity index (χ2v) is 8.24. The van der Waals surface area contributed by atoms with Crippen LogP contribution in [-0.4, -0.2) is 33.3 Å². The number of benzene rings is 2. The van der Waals surface area contributed by atoms with Crippen LogP contribution in [0.1, 0.15) is 20.8 Å². The van der Waals surface area contributed by atoms with E-state index in [2.05, 4.69) is 15.4 Å². The quantitative estimate of drug-likeness (QED) is 0.559. The molecule has 0 fully saturated rings. The zero-order valence-electron chi connectivity index (χ0n) is 16.3. The normalized spacial score (nSPS) is 11.0. The molecule has 28 heavy (non-hydrogen) atoms. The molecule has 0 saturated carbocycles. The average Bonchev–Trinajstić information content (AvgIpc) is 2.63. The van der Waals surface area contributed by atoms with Gasteiger partial charge in [-0.15, -0.1) is 0 Å². The zero-order chi connectivity index (χ0) is 20.7. The maximum Gasteiger partial charge on any atom is 0.264 e. The van der Waals surface area contributed by atoms with Crippen LogP contribution in [0.4, 0.5) is 11.4 Å². The van der Waals surface area contributed by atoms with Crippen molar-refractivity contribution in [2.24, 2.45) is 0 Å². The molecular formula is C19H25N3O4S2. The summed E-state index contributed by atoms with van der Waals surface area (Å²) in [6.07, 6.45) is 0. The average molecular weight is 424 g/mol. The van der Waals surface area contributed by atoms with Crippen LogP contribution in [0.3, 0.4) is 0 Å². The maximum absolute atomic E-state index is 13.0. The highest BCUT2D eigenvalue weighted by Crippen LogP contribution is 2.28. The molecule has 0 unspecified atom stereocenters. The van der Waals surface area contributed by atoms with Crippen molar-refractivity contribution >= 4 is 38.7 Å². The summed E-state index contributed by atoms with van der Waals surface area (Å²) in [4.78, 5) is 0.0219. The third-order valence-corrected chi connectivity index (χ3v) is 5.20. The summed E-state index contributed by atoms with van der Waals surface area (Å²) in [7, 11) is -2.42. The number of sulfonamides is 1. The van der Waals surface area contributed by atoms with Crippen LogP contribution in [0.15, 0.2) is 47.4 Å². The lowest BCUT2D eigenvalue weighted by atomic mass is 10.3. The largest absolute Gasteiger partial charge is 0.497 e. The standard InChI is InChI=1S/C19H25N3O4S2/c1-5-26-15-8-6-14(7-9-15)22-28(23,24)18-12-16(25-4)10-11-17(18)21-19(27)20-13(2)3/h6-13,22H,5H2,1-4H3,(H2,20,21,27). The second-order valence-electron chi connectivity index (χ2n) is 6.18. The first kappa shape index (κ1) is 21.8. The number of ether oxygens (including phenoxy) is 2. The Bertz CT molecular complexity index is 913. The van der Waals surface area contributed by atoms with E-state index in [9.17, 15) is 8.42 Å². The predicted molar refractivity (Wildman–Crippen MR) is 116 cm³/mol. The summed E-state index contributed by atoms with van der Waals surface area (Å²) in [5.41, 5.74) is 0.762. The highest BCUT2D eigenvalue weighted by Gasteiger charge is 2.21. The van der Waals surface area contributed by atoms with Gasteiger partial charge in [-0.3, -0.25) is 4.72 Å². The van der Waals surface area contributed by atoms with Crippen LogP contribution in [-0.2, 0) is 10.0 Å². The van der Waals surface area contributed by atoms with E-state index in [4.69, 9.17) is 21.7 Å². The van der Waals surface area contributed by atoms with Gasteiger partial charge in [0.25, 0.3) is 10.0 Å². The van der Waals surface area contributed by atoms with Crippen molar-refractivity contribution in [3.8, 4) is 11.5 Å². The van der Waals surface area contributed by atoms with Gasteiger partial charge in [-0.05, 0) is 69.4 Å². The molecule has 152 valence electrons. The van der Waals surface area contributed by atoms with Crippen molar-refractivity contribution in [3.05, 3.63) is 42.5 Å². The number of thiocarbonyl (C=S) groups is 1. The van der Waals surface area contributed by atoms with E-state index in [0.717, 1.165) is 0 Å². The van der Waals surface area contributed by atoms with Crippen molar-refractivity contribution in [3.63, 3.8) is 0 Å². The summed E-state index contributed by atoms with van der Waals surface area (Å²) < 4.78 is 39.1. The van der Waals surface area contributed by atoms with Crippen LogP contribution < -0.4 is 24.8 Å². The van der Waals surface area contributed by atoms with Crippen molar-refractivity contribution in [2.45, 2.75) is 31.7 Å². The molecule has 2 rings (SSSR count). The van der Waals surface area contributed by atoms with E-state index < -0.39 is 10.0 Å². The van der Waals surface area contributed by atoms with Crippen molar-refractivity contribution in [2.75, 3.05) is 23.8 Å². The minimum Gasteiger partial charge on any atom is -0.497 e. The topological polar surface area (TPSA) is 88.7 Å². The number of hydrogen-bond acceptors (Lipinski definition) is 5. The van der Waals surface area contributed by atoms with E-state index in [0.29, 0.717) is 34.6 Å². The summed E-state index contributed by atoms with van der Waals surface area (Å²) in [6, 6.07) is 11.5. The van der Waals surface area contributed by atoms with E-state index in [1.165, 1.54) is 13.2 Å². The molecule has 0 amide bonds. The molecule has 0 saturated heterocycles. The van der Waals surface area contributed by atoms with Gasteiger partial charge in [0, 0.05) is 17.8 Å². The predicted octanol–water partition coefficient (Wildman–Crippen LogP) is 3.59. The molecule has 0 radical (unpaired) electrons. The van der Waals surface area contributed by atoms with Gasteiger partial charge in [0.1, 0.15) is 16.4 Å². The Labute approximate surface area is 171 Å². The van der Waals surface area contributed by atoms with Gasteiger partial charge in [-0.25, -0.2) is 8.42 Å². The van der Waals surface area contributed by atoms with E-state index in [-0.39, 0.29) is 10.9 Å². The summed E-state index contributed by atoms with van der Waals surface area (Å²) in [5.74, 6) is 1.08. The summed E-state index contributed by atoms with van der Waals surface area (Å²) in [5, 5.41) is 6.29. The Hall–Kier alpha value is -2.52. The second kappa shape index (κ2) is 9.61. The third-order valence-electron chi connectivity index (χ3n) is 3.56. The maximum atomic E-state index is 13.0. The minimum absolute atomic E-state index is 0.0219. The van der Waals surface area contributed by atoms with Crippen LogP contribution >= 0.6 is 12.2 Å². The molecule has 2 aromatic rings. The lowest BCUT2D eigenvalue weighted by Gasteiger charge is -2.17. The number of rotatable bonds is 8. The van der Waals surface area contributed by atoms with E-state index in [1.807, 2.05) is 20.8 Å². The Morgan fingerprint density at radius 2 is 1.75 bits per heavy atom. The highest BCUT2D eigenvalue weighted by molar-refractivity contribution is 7.93. The first-order chi connectivity index (χ1) is 13.2. The van der Waals surface area contributed by atoms with Gasteiger partial charge >= 0.3 is 0 Å². The van der Waals surface area contributed by atoms with Crippen molar-refractivity contribution < 1.29 is 17.9 Å². The van der Waals surface area contributed by atoms with Crippen LogP contribution in [0.5, 0.6) is 11.5 Å². The van der Waals surface area contributed by atoms with E-state index in [1.54, 1.807) is 36.4 Å². The van der Waals surface area contributed by atoms with Gasteiger partial charge in [0.15, 0.2) is 5.11 Å². The first-order valence-corrected chi connectivity index (χ1v) is 10.7. The van der Waals surface area contributed by atoms with Crippen LogP contribution in [0.2, 0.25) is 0 Å². The summed E-state index contributed by atoms with van der Waals surface area (Å²) in [6.45, 7) is 6.29. The fourth-order valence-electron chi connectivity index (χ4n) is 2.37. The Balaban J connectivity index is 2.32. The molecule has 0 aliphatic carbocycles. The third kappa shape index (κ3) is 6.00. The molecular weight excluding hydrogens is 398 g/mol. The molecule has 0 heterocycles. The van der Waals surface area contributed by atoms with Gasteiger partial charge in [-0.2, -0.15) is 0 Å². The number of methoxy groups -OCH3 is 1. The Morgan fingerprint density at radius 3 is 2.32 bits per heavy atom. The smallest absolute Gasteiger partial charge is 0.264 e. The summed E-state index contributed by atoms with van der Waals surface area (Å²) >= 11 is 5.24. The van der Waals surface area contributed by atoms with Gasteiger partial charge in [0.05, 0.1) is 19.4 Å². The number of nitrogens with one attached hydrogen (secondary N) is 3. The molecule has 2 aromatic carbocycles. The molecule has 0 atom stereocenters. The SMILES string of the molecule is CCOc1ccc(NS(=O)(=O)c2cc(OC)ccc2NC(=S)NC(C)C)cc1. The zero-order valence-corrected chi connectivity index (χ0v) is 17.9. The van der Waals surface area contributed by atoms with Crippen LogP contribution in [0.25, 0.3) is 0 Å². The number of hydrogen-bond donors (Lipinski definition) is 3. The van der Waals surface area contributed by atoms with Gasteiger partial charge in [0.2, 0.25) is 0 Å². The molecule has 9 heteroatoms. The number of anilines is 2. The molecule has 7 nitrogen and oxygen atoms in total. The molecule has 3 N–H and O–H groups in total. The lowest BCUT2D eigenvalue weighted by molar-refractivity contribution is 0.340. The van der Waals surface area contributed by atoms with Crippen molar-refractivity contribution in [1.82, 2.24) is 5.32 Å². The molecule has 0 aliphatic rings. The highest BCUT2D eigenvalue weighted by atomic mass is 32.2. The minimum atomic E-state index is -3.90. The van der Waals surface area contributed by atoms with Crippen LogP contribution in [0, 0.1) is 0 Å².